The van der Waals surface area contributed by atoms with Gasteiger partial charge in [-0.2, -0.15) is 0 Å². The summed E-state index contributed by atoms with van der Waals surface area (Å²) in [6.07, 6.45) is 1.60. The smallest absolute Gasteiger partial charge is 0.257 e. The summed E-state index contributed by atoms with van der Waals surface area (Å²) in [5.74, 6) is -0.617. The van der Waals surface area contributed by atoms with Gasteiger partial charge in [-0.05, 0) is 51.1 Å². The van der Waals surface area contributed by atoms with E-state index in [1.165, 1.54) is 11.3 Å². The number of likely N-dealkylation sites (N-methyl/N-ethyl adjacent to an activating group) is 1. The standard InChI is InChI=1S/C23H28N4O3S/c1-14-6-4-7-17(15(14)2)21(29)25-23-24-18-12-16(13-19(28)20(18)31-23)22(30)27-9-5-8-26(3)10-11-27/h4,6-7,16H,5,8-13H2,1-3H3,(H,24,25,29). The highest BCUT2D eigenvalue weighted by molar-refractivity contribution is 7.17. The Balaban J connectivity index is 1.48. The van der Waals surface area contributed by atoms with Gasteiger partial charge in [0, 0.05) is 38.0 Å². The number of benzene rings is 1. The Morgan fingerprint density at radius 2 is 1.94 bits per heavy atom. The molecule has 0 bridgehead atoms. The van der Waals surface area contributed by atoms with Gasteiger partial charge < -0.3 is 9.80 Å². The first-order valence-corrected chi connectivity index (χ1v) is 11.5. The Hall–Kier alpha value is -2.58. The predicted molar refractivity (Wildman–Crippen MR) is 121 cm³/mol. The van der Waals surface area contributed by atoms with Gasteiger partial charge in [-0.25, -0.2) is 4.98 Å². The highest BCUT2D eigenvalue weighted by Gasteiger charge is 2.35. The molecule has 2 heterocycles. The molecule has 1 aromatic carbocycles. The summed E-state index contributed by atoms with van der Waals surface area (Å²) >= 11 is 1.21. The second kappa shape index (κ2) is 8.88. The van der Waals surface area contributed by atoms with Crippen LogP contribution in [0.25, 0.3) is 0 Å². The van der Waals surface area contributed by atoms with Crippen molar-refractivity contribution in [2.45, 2.75) is 33.1 Å². The summed E-state index contributed by atoms with van der Waals surface area (Å²) in [4.78, 5) is 47.7. The van der Waals surface area contributed by atoms with Gasteiger partial charge in [-0.15, -0.1) is 0 Å². The zero-order valence-corrected chi connectivity index (χ0v) is 19.1. The van der Waals surface area contributed by atoms with Crippen LogP contribution < -0.4 is 5.32 Å². The van der Waals surface area contributed by atoms with Crippen molar-refractivity contribution in [2.24, 2.45) is 5.92 Å². The van der Waals surface area contributed by atoms with E-state index in [1.54, 1.807) is 6.07 Å². The number of thiazole rings is 1. The maximum atomic E-state index is 13.1. The number of amides is 2. The number of aryl methyl sites for hydroxylation is 1. The fraction of sp³-hybridized carbons (Fsp3) is 0.478. The first kappa shape index (κ1) is 21.6. The lowest BCUT2D eigenvalue weighted by Crippen LogP contribution is -2.41. The molecule has 7 nitrogen and oxygen atoms in total. The molecule has 31 heavy (non-hydrogen) atoms. The minimum Gasteiger partial charge on any atom is -0.341 e. The number of hydrogen-bond donors (Lipinski definition) is 1. The van der Waals surface area contributed by atoms with Crippen LogP contribution in [0.15, 0.2) is 18.2 Å². The third-order valence-electron chi connectivity index (χ3n) is 6.27. The Morgan fingerprint density at radius 3 is 2.74 bits per heavy atom. The molecule has 2 aliphatic rings. The highest BCUT2D eigenvalue weighted by atomic mass is 32.1. The topological polar surface area (TPSA) is 82.6 Å². The van der Waals surface area contributed by atoms with Crippen LogP contribution in [0.2, 0.25) is 0 Å². The van der Waals surface area contributed by atoms with Gasteiger partial charge in [0.25, 0.3) is 5.91 Å². The van der Waals surface area contributed by atoms with Gasteiger partial charge >= 0.3 is 0 Å². The first-order valence-electron chi connectivity index (χ1n) is 10.7. The molecule has 1 aliphatic carbocycles. The average molecular weight is 441 g/mol. The maximum absolute atomic E-state index is 13.1. The van der Waals surface area contributed by atoms with E-state index in [0.717, 1.165) is 37.2 Å². The lowest BCUT2D eigenvalue weighted by molar-refractivity contribution is -0.135. The number of Topliss-reactive ketones (excluding diaryl/α,β-unsaturated/α-hetero) is 1. The van der Waals surface area contributed by atoms with Gasteiger partial charge in [0.2, 0.25) is 5.91 Å². The fourth-order valence-electron chi connectivity index (χ4n) is 4.24. The van der Waals surface area contributed by atoms with Crippen molar-refractivity contribution in [1.29, 1.82) is 0 Å². The van der Waals surface area contributed by atoms with Gasteiger partial charge in [0.1, 0.15) is 0 Å². The van der Waals surface area contributed by atoms with Crippen molar-refractivity contribution in [3.63, 3.8) is 0 Å². The molecule has 4 rings (SSSR count). The lowest BCUT2D eigenvalue weighted by Gasteiger charge is -2.27. The Morgan fingerprint density at radius 1 is 1.13 bits per heavy atom. The van der Waals surface area contributed by atoms with Crippen LogP contribution in [0.3, 0.4) is 0 Å². The van der Waals surface area contributed by atoms with Crippen LogP contribution in [-0.4, -0.2) is 65.6 Å². The molecule has 0 saturated carbocycles. The van der Waals surface area contributed by atoms with Crippen LogP contribution in [0.1, 0.15) is 49.7 Å². The zero-order chi connectivity index (χ0) is 22.1. The Labute approximate surface area is 186 Å². The third-order valence-corrected chi connectivity index (χ3v) is 7.33. The second-order valence-corrected chi connectivity index (χ2v) is 9.51. The molecular weight excluding hydrogens is 412 g/mol. The van der Waals surface area contributed by atoms with Crippen molar-refractivity contribution in [3.8, 4) is 0 Å². The summed E-state index contributed by atoms with van der Waals surface area (Å²) in [6.45, 7) is 7.13. The summed E-state index contributed by atoms with van der Waals surface area (Å²) in [7, 11) is 2.06. The highest BCUT2D eigenvalue weighted by Crippen LogP contribution is 2.33. The minimum absolute atomic E-state index is 0.0447. The minimum atomic E-state index is -0.368. The molecular formula is C23H28N4O3S. The summed E-state index contributed by atoms with van der Waals surface area (Å²) in [5.41, 5.74) is 3.19. The quantitative estimate of drug-likeness (QED) is 0.794. The molecule has 0 spiro atoms. The molecule has 1 aromatic heterocycles. The monoisotopic (exact) mass is 440 g/mol. The van der Waals surface area contributed by atoms with E-state index in [1.807, 2.05) is 30.9 Å². The molecule has 2 aromatic rings. The van der Waals surface area contributed by atoms with Gasteiger partial charge in [0.05, 0.1) is 16.5 Å². The SMILES string of the molecule is Cc1cccc(C(=O)Nc2nc3c(s2)C(=O)CC(C(=O)N2CCCN(C)CC2)C3)c1C. The van der Waals surface area contributed by atoms with Crippen molar-refractivity contribution >= 4 is 34.1 Å². The predicted octanol–water partition coefficient (Wildman–Crippen LogP) is 2.92. The number of aromatic nitrogens is 1. The maximum Gasteiger partial charge on any atom is 0.257 e. The molecule has 1 aliphatic heterocycles. The van der Waals surface area contributed by atoms with Crippen molar-refractivity contribution in [3.05, 3.63) is 45.5 Å². The number of ketones is 1. The largest absolute Gasteiger partial charge is 0.341 e. The van der Waals surface area contributed by atoms with Gasteiger partial charge in [-0.3, -0.25) is 19.7 Å². The van der Waals surface area contributed by atoms with Crippen molar-refractivity contribution in [2.75, 3.05) is 38.5 Å². The number of rotatable bonds is 3. The van der Waals surface area contributed by atoms with Crippen LogP contribution in [0, 0.1) is 19.8 Å². The van der Waals surface area contributed by atoms with Gasteiger partial charge in [-0.1, -0.05) is 23.5 Å². The molecule has 1 atom stereocenters. The molecule has 164 valence electrons. The normalized spacial score (nSPS) is 19.6. The number of carbonyl (C=O) groups is 3. The van der Waals surface area contributed by atoms with Crippen LogP contribution in [0.5, 0.6) is 0 Å². The van der Waals surface area contributed by atoms with E-state index in [4.69, 9.17) is 0 Å². The molecule has 1 saturated heterocycles. The first-order chi connectivity index (χ1) is 14.8. The Kier molecular flexibility index (Phi) is 6.20. The number of fused-ring (bicyclic) bond motifs is 1. The van der Waals surface area contributed by atoms with E-state index < -0.39 is 0 Å². The van der Waals surface area contributed by atoms with Crippen LogP contribution >= 0.6 is 11.3 Å². The zero-order valence-electron chi connectivity index (χ0n) is 18.2. The molecule has 1 fully saturated rings. The average Bonchev–Trinajstić information content (AvgIpc) is 3.02. The van der Waals surface area contributed by atoms with Crippen LogP contribution in [0.4, 0.5) is 5.13 Å². The van der Waals surface area contributed by atoms with Crippen LogP contribution in [-0.2, 0) is 11.2 Å². The molecule has 2 amide bonds. The number of carbonyl (C=O) groups excluding carboxylic acids is 3. The van der Waals surface area contributed by atoms with Crippen molar-refractivity contribution < 1.29 is 14.4 Å². The lowest BCUT2D eigenvalue weighted by atomic mass is 9.89. The molecule has 8 heteroatoms. The van der Waals surface area contributed by atoms with E-state index in [2.05, 4.69) is 22.2 Å². The summed E-state index contributed by atoms with van der Waals surface area (Å²) < 4.78 is 0. The molecule has 1 N–H and O–H groups in total. The Bertz CT molecular complexity index is 1030. The number of nitrogens with one attached hydrogen (secondary N) is 1. The molecule has 0 radical (unpaired) electrons. The number of hydrogen-bond acceptors (Lipinski definition) is 6. The van der Waals surface area contributed by atoms with Crippen molar-refractivity contribution in [1.82, 2.24) is 14.8 Å². The number of anilines is 1. The van der Waals surface area contributed by atoms with E-state index in [0.29, 0.717) is 34.2 Å². The summed E-state index contributed by atoms with van der Waals surface area (Å²) in [5, 5.41) is 3.25. The van der Waals surface area contributed by atoms with E-state index in [9.17, 15) is 14.4 Å². The summed E-state index contributed by atoms with van der Waals surface area (Å²) in [6, 6.07) is 5.60. The number of nitrogens with zero attached hydrogens (tertiary/aromatic N) is 3. The van der Waals surface area contributed by atoms with E-state index in [-0.39, 0.29) is 29.9 Å². The molecule has 1 unspecified atom stereocenters. The third kappa shape index (κ3) is 4.55. The van der Waals surface area contributed by atoms with E-state index >= 15 is 0 Å². The fourth-order valence-corrected chi connectivity index (χ4v) is 5.18. The second-order valence-electron chi connectivity index (χ2n) is 8.51. The van der Waals surface area contributed by atoms with Gasteiger partial charge in [0.15, 0.2) is 10.9 Å².